The zero-order valence-corrected chi connectivity index (χ0v) is 14.0. The first-order valence-corrected chi connectivity index (χ1v) is 8.43. The maximum absolute atomic E-state index is 5.33. The molecular formula is C17H25N5O. The Kier molecular flexibility index (Phi) is 5.23. The van der Waals surface area contributed by atoms with Crippen LogP contribution >= 0.6 is 0 Å². The molecule has 23 heavy (non-hydrogen) atoms. The van der Waals surface area contributed by atoms with Gasteiger partial charge in [-0.3, -0.25) is 4.90 Å². The lowest BCUT2D eigenvalue weighted by Gasteiger charge is -2.26. The molecule has 0 aromatic carbocycles. The summed E-state index contributed by atoms with van der Waals surface area (Å²) in [6, 6.07) is 2.02. The zero-order chi connectivity index (χ0) is 16.1. The third-order valence-electron chi connectivity index (χ3n) is 4.18. The van der Waals surface area contributed by atoms with Gasteiger partial charge in [-0.1, -0.05) is 12.1 Å². The van der Waals surface area contributed by atoms with Crippen molar-refractivity contribution >= 4 is 5.95 Å². The minimum atomic E-state index is 0.737. The standard InChI is InChI=1S/C17H25N5O/c1-3-15-9-16(23-20-15)13-21(2)12-14-10-18-17(19-11-14)22-7-5-4-6-8-22/h9-11H,3-8,12-13H2,1-2H3. The van der Waals surface area contributed by atoms with Crippen molar-refractivity contribution in [2.75, 3.05) is 25.0 Å². The fourth-order valence-corrected chi connectivity index (χ4v) is 2.92. The second-order valence-corrected chi connectivity index (χ2v) is 6.25. The van der Waals surface area contributed by atoms with E-state index in [0.29, 0.717) is 0 Å². The highest BCUT2D eigenvalue weighted by Gasteiger charge is 2.13. The SMILES string of the molecule is CCc1cc(CN(C)Cc2cnc(N3CCCCC3)nc2)on1. The lowest BCUT2D eigenvalue weighted by atomic mass is 10.1. The van der Waals surface area contributed by atoms with Crippen LogP contribution in [0.5, 0.6) is 0 Å². The molecule has 2 aromatic rings. The van der Waals surface area contributed by atoms with Crippen molar-refractivity contribution in [2.24, 2.45) is 0 Å². The molecule has 1 aliphatic heterocycles. The lowest BCUT2D eigenvalue weighted by Crippen LogP contribution is -2.31. The number of anilines is 1. The van der Waals surface area contributed by atoms with Gasteiger partial charge < -0.3 is 9.42 Å². The Morgan fingerprint density at radius 3 is 2.52 bits per heavy atom. The van der Waals surface area contributed by atoms with Crippen LogP contribution in [0, 0.1) is 0 Å². The van der Waals surface area contributed by atoms with Gasteiger partial charge in [0, 0.05) is 43.7 Å². The Bertz CT molecular complexity index is 604. The Balaban J connectivity index is 1.54. The average molecular weight is 315 g/mol. The summed E-state index contributed by atoms with van der Waals surface area (Å²) in [5.41, 5.74) is 2.12. The normalized spacial score (nSPS) is 15.3. The molecule has 124 valence electrons. The van der Waals surface area contributed by atoms with E-state index in [1.807, 2.05) is 18.5 Å². The van der Waals surface area contributed by atoms with Gasteiger partial charge in [0.2, 0.25) is 5.95 Å². The Morgan fingerprint density at radius 1 is 1.13 bits per heavy atom. The highest BCUT2D eigenvalue weighted by Crippen LogP contribution is 2.15. The molecule has 1 fully saturated rings. The van der Waals surface area contributed by atoms with Crippen molar-refractivity contribution in [1.82, 2.24) is 20.0 Å². The number of aromatic nitrogens is 3. The van der Waals surface area contributed by atoms with Crippen molar-refractivity contribution in [1.29, 1.82) is 0 Å². The molecule has 6 heteroatoms. The summed E-state index contributed by atoms with van der Waals surface area (Å²) in [4.78, 5) is 13.5. The largest absolute Gasteiger partial charge is 0.360 e. The van der Waals surface area contributed by atoms with Gasteiger partial charge in [-0.15, -0.1) is 0 Å². The third kappa shape index (κ3) is 4.28. The second kappa shape index (κ2) is 7.55. The van der Waals surface area contributed by atoms with E-state index in [2.05, 4.69) is 38.9 Å². The molecule has 6 nitrogen and oxygen atoms in total. The number of piperidine rings is 1. The van der Waals surface area contributed by atoms with Gasteiger partial charge in [-0.05, 0) is 32.7 Å². The van der Waals surface area contributed by atoms with Crippen LogP contribution in [-0.4, -0.2) is 40.2 Å². The molecule has 3 heterocycles. The molecule has 1 saturated heterocycles. The van der Waals surface area contributed by atoms with Gasteiger partial charge in [0.25, 0.3) is 0 Å². The van der Waals surface area contributed by atoms with Crippen LogP contribution in [0.4, 0.5) is 5.95 Å². The van der Waals surface area contributed by atoms with Gasteiger partial charge in [0.1, 0.15) is 0 Å². The van der Waals surface area contributed by atoms with E-state index >= 15 is 0 Å². The molecule has 0 radical (unpaired) electrons. The molecule has 0 saturated carbocycles. The molecule has 0 amide bonds. The zero-order valence-electron chi connectivity index (χ0n) is 14.0. The summed E-state index contributed by atoms with van der Waals surface area (Å²) in [5.74, 6) is 1.76. The Hall–Kier alpha value is -1.95. The summed E-state index contributed by atoms with van der Waals surface area (Å²) in [7, 11) is 2.06. The number of hydrogen-bond donors (Lipinski definition) is 0. The molecule has 0 unspecified atom stereocenters. The average Bonchev–Trinajstić information content (AvgIpc) is 3.04. The third-order valence-corrected chi connectivity index (χ3v) is 4.18. The van der Waals surface area contributed by atoms with Crippen molar-refractivity contribution < 1.29 is 4.52 Å². The topological polar surface area (TPSA) is 58.3 Å². The molecule has 3 rings (SSSR count). The first kappa shape index (κ1) is 15.9. The van der Waals surface area contributed by atoms with E-state index in [1.54, 1.807) is 0 Å². The van der Waals surface area contributed by atoms with Gasteiger partial charge in [0.05, 0.1) is 12.2 Å². The van der Waals surface area contributed by atoms with E-state index < -0.39 is 0 Å². The van der Waals surface area contributed by atoms with Crippen LogP contribution in [0.2, 0.25) is 0 Å². The first-order chi connectivity index (χ1) is 11.2. The fraction of sp³-hybridized carbons (Fsp3) is 0.588. The minimum Gasteiger partial charge on any atom is -0.360 e. The number of aryl methyl sites for hydroxylation is 1. The van der Waals surface area contributed by atoms with E-state index in [0.717, 1.165) is 55.6 Å². The predicted octanol–water partition coefficient (Wildman–Crippen LogP) is 2.65. The molecule has 0 atom stereocenters. The van der Waals surface area contributed by atoms with Crippen LogP contribution in [0.25, 0.3) is 0 Å². The summed E-state index contributed by atoms with van der Waals surface area (Å²) in [6.07, 6.45) is 8.58. The van der Waals surface area contributed by atoms with Crippen LogP contribution in [0.15, 0.2) is 23.0 Å². The quantitative estimate of drug-likeness (QED) is 0.817. The van der Waals surface area contributed by atoms with Crippen molar-refractivity contribution in [2.45, 2.75) is 45.7 Å². The van der Waals surface area contributed by atoms with Crippen LogP contribution in [0.3, 0.4) is 0 Å². The van der Waals surface area contributed by atoms with E-state index in [9.17, 15) is 0 Å². The maximum atomic E-state index is 5.33. The molecule has 0 spiro atoms. The maximum Gasteiger partial charge on any atom is 0.225 e. The Labute approximate surface area is 137 Å². The summed E-state index contributed by atoms with van der Waals surface area (Å²) in [6.45, 7) is 5.75. The molecular weight excluding hydrogens is 290 g/mol. The Morgan fingerprint density at radius 2 is 1.87 bits per heavy atom. The van der Waals surface area contributed by atoms with Crippen LogP contribution < -0.4 is 4.90 Å². The highest BCUT2D eigenvalue weighted by molar-refractivity contribution is 5.30. The van der Waals surface area contributed by atoms with Gasteiger partial charge in [-0.2, -0.15) is 0 Å². The fourth-order valence-electron chi connectivity index (χ4n) is 2.92. The summed E-state index contributed by atoms with van der Waals surface area (Å²) < 4.78 is 5.33. The first-order valence-electron chi connectivity index (χ1n) is 8.43. The monoisotopic (exact) mass is 315 g/mol. The smallest absolute Gasteiger partial charge is 0.225 e. The number of rotatable bonds is 6. The molecule has 1 aliphatic rings. The highest BCUT2D eigenvalue weighted by atomic mass is 16.5. The summed E-state index contributed by atoms with van der Waals surface area (Å²) in [5, 5.41) is 4.03. The van der Waals surface area contributed by atoms with E-state index in [1.165, 1.54) is 19.3 Å². The molecule has 2 aromatic heterocycles. The van der Waals surface area contributed by atoms with Gasteiger partial charge >= 0.3 is 0 Å². The molecule has 0 N–H and O–H groups in total. The molecule has 0 bridgehead atoms. The number of hydrogen-bond acceptors (Lipinski definition) is 6. The van der Waals surface area contributed by atoms with E-state index in [-0.39, 0.29) is 0 Å². The number of nitrogens with zero attached hydrogens (tertiary/aromatic N) is 5. The van der Waals surface area contributed by atoms with Gasteiger partial charge in [-0.25, -0.2) is 9.97 Å². The van der Waals surface area contributed by atoms with Gasteiger partial charge in [0.15, 0.2) is 5.76 Å². The van der Waals surface area contributed by atoms with Crippen molar-refractivity contribution in [3.05, 3.63) is 35.5 Å². The van der Waals surface area contributed by atoms with E-state index in [4.69, 9.17) is 4.52 Å². The van der Waals surface area contributed by atoms with Crippen molar-refractivity contribution in [3.63, 3.8) is 0 Å². The predicted molar refractivity (Wildman–Crippen MR) is 89.1 cm³/mol. The van der Waals surface area contributed by atoms with Crippen LogP contribution in [-0.2, 0) is 19.5 Å². The summed E-state index contributed by atoms with van der Waals surface area (Å²) >= 11 is 0. The second-order valence-electron chi connectivity index (χ2n) is 6.25. The van der Waals surface area contributed by atoms with Crippen LogP contribution in [0.1, 0.15) is 43.2 Å². The molecule has 0 aliphatic carbocycles. The lowest BCUT2D eigenvalue weighted by molar-refractivity contribution is 0.265. The van der Waals surface area contributed by atoms with Crippen molar-refractivity contribution in [3.8, 4) is 0 Å². The minimum absolute atomic E-state index is 0.737.